The second kappa shape index (κ2) is 35.8. The van der Waals surface area contributed by atoms with Crippen LogP contribution in [0.3, 0.4) is 0 Å². The predicted octanol–water partition coefficient (Wildman–Crippen LogP) is 11.8. The molecule has 0 aliphatic carbocycles. The van der Waals surface area contributed by atoms with E-state index in [1.807, 2.05) is 27.2 Å². The van der Waals surface area contributed by atoms with E-state index in [4.69, 9.17) is 18.5 Å². The molecule has 0 aromatic rings. The first-order chi connectivity index (χ1) is 24.6. The fourth-order valence-electron chi connectivity index (χ4n) is 5.74. The van der Waals surface area contributed by atoms with Gasteiger partial charge >= 0.3 is 5.97 Å². The summed E-state index contributed by atoms with van der Waals surface area (Å²) in [5.74, 6) is -0.365. The zero-order chi connectivity index (χ0) is 37.7. The van der Waals surface area contributed by atoms with E-state index in [-0.39, 0.29) is 32.2 Å². The van der Waals surface area contributed by atoms with Gasteiger partial charge in [-0.3, -0.25) is 9.36 Å². The van der Waals surface area contributed by atoms with Crippen LogP contribution in [0.5, 0.6) is 0 Å². The molecule has 51 heavy (non-hydrogen) atoms. The van der Waals surface area contributed by atoms with Gasteiger partial charge in [-0.15, -0.1) is 0 Å². The minimum Gasteiger partial charge on any atom is -0.756 e. The van der Waals surface area contributed by atoms with Crippen molar-refractivity contribution < 1.29 is 37.3 Å². The Labute approximate surface area is 315 Å². The lowest BCUT2D eigenvalue weighted by Crippen LogP contribution is -2.37. The number of phosphoric acid groups is 1. The Morgan fingerprint density at radius 1 is 0.608 bits per heavy atom. The average Bonchev–Trinajstić information content (AvgIpc) is 3.08. The summed E-state index contributed by atoms with van der Waals surface area (Å²) >= 11 is 0. The van der Waals surface area contributed by atoms with E-state index in [0.717, 1.165) is 44.9 Å². The van der Waals surface area contributed by atoms with Crippen molar-refractivity contribution in [1.82, 2.24) is 0 Å². The molecule has 0 heterocycles. The van der Waals surface area contributed by atoms with E-state index in [2.05, 4.69) is 26.0 Å². The van der Waals surface area contributed by atoms with Gasteiger partial charge in [0.25, 0.3) is 7.82 Å². The van der Waals surface area contributed by atoms with Crippen LogP contribution in [-0.4, -0.2) is 64.1 Å². The Morgan fingerprint density at radius 3 is 1.53 bits per heavy atom. The molecule has 0 spiro atoms. The second-order valence-corrected chi connectivity index (χ2v) is 16.8. The quantitative estimate of drug-likeness (QED) is 0.0154. The van der Waals surface area contributed by atoms with Crippen molar-refractivity contribution in [1.29, 1.82) is 0 Å². The first kappa shape index (κ1) is 49.8. The molecule has 9 heteroatoms. The highest BCUT2D eigenvalue weighted by atomic mass is 31.2. The summed E-state index contributed by atoms with van der Waals surface area (Å²) in [7, 11) is 1.32. The molecule has 0 rings (SSSR count). The Morgan fingerprint density at radius 2 is 1.04 bits per heavy atom. The summed E-state index contributed by atoms with van der Waals surface area (Å²) in [6, 6.07) is 0. The molecule has 8 nitrogen and oxygen atoms in total. The van der Waals surface area contributed by atoms with E-state index < -0.39 is 13.9 Å². The van der Waals surface area contributed by atoms with Gasteiger partial charge < -0.3 is 27.9 Å². The average molecular weight is 744 g/mol. The van der Waals surface area contributed by atoms with Crippen LogP contribution in [0.15, 0.2) is 24.5 Å². The van der Waals surface area contributed by atoms with Gasteiger partial charge in [-0.2, -0.15) is 0 Å². The molecule has 0 bridgehead atoms. The topological polar surface area (TPSA) is 94.1 Å². The molecule has 0 saturated carbocycles. The maximum Gasteiger partial charge on any atom is 0.306 e. The number of unbranched alkanes of at least 4 members (excludes halogenated alkanes) is 23. The number of likely N-dealkylation sites (N-methyl/N-ethyl adjacent to an activating group) is 1. The molecule has 0 aliphatic rings. The number of esters is 1. The summed E-state index contributed by atoms with van der Waals surface area (Å²) in [6.45, 7) is 4.72. The van der Waals surface area contributed by atoms with E-state index >= 15 is 0 Å². The van der Waals surface area contributed by atoms with Crippen LogP contribution in [0.25, 0.3) is 0 Å². The molecule has 0 fully saturated rings. The molecule has 302 valence electrons. The summed E-state index contributed by atoms with van der Waals surface area (Å²) in [5, 5.41) is 0. The Balaban J connectivity index is 4.30. The van der Waals surface area contributed by atoms with Crippen LogP contribution in [0.2, 0.25) is 0 Å². The van der Waals surface area contributed by atoms with Crippen LogP contribution in [-0.2, 0) is 27.9 Å². The summed E-state index contributed by atoms with van der Waals surface area (Å²) in [6.07, 6.45) is 39.9. The number of hydrogen-bond acceptors (Lipinski definition) is 7. The van der Waals surface area contributed by atoms with E-state index in [1.165, 1.54) is 122 Å². The number of carbonyl (C=O) groups excluding carboxylic acids is 1. The van der Waals surface area contributed by atoms with Crippen LogP contribution < -0.4 is 4.89 Å². The number of nitrogens with zero attached hydrogens (tertiary/aromatic N) is 1. The molecule has 0 aromatic carbocycles. The van der Waals surface area contributed by atoms with Crippen molar-refractivity contribution >= 4 is 13.8 Å². The number of allylic oxidation sites excluding steroid dienone is 3. The highest BCUT2D eigenvalue weighted by Crippen LogP contribution is 2.38. The highest BCUT2D eigenvalue weighted by molar-refractivity contribution is 7.45. The summed E-state index contributed by atoms with van der Waals surface area (Å²) < 4.78 is 34.3. The molecule has 0 N–H and O–H groups in total. The van der Waals surface area contributed by atoms with Gasteiger partial charge in [0.15, 0.2) is 6.10 Å². The maximum absolute atomic E-state index is 12.6. The molecular weight excluding hydrogens is 661 g/mol. The minimum absolute atomic E-state index is 0.0164. The maximum atomic E-state index is 12.6. The fourth-order valence-corrected chi connectivity index (χ4v) is 6.47. The van der Waals surface area contributed by atoms with Gasteiger partial charge in [0.1, 0.15) is 19.8 Å². The molecule has 0 saturated heterocycles. The zero-order valence-electron chi connectivity index (χ0n) is 34.1. The van der Waals surface area contributed by atoms with Crippen LogP contribution in [0, 0.1) is 0 Å². The summed E-state index contributed by atoms with van der Waals surface area (Å²) in [5.41, 5.74) is 0. The fraction of sp³-hybridized carbons (Fsp3) is 0.881. The monoisotopic (exact) mass is 744 g/mol. The lowest BCUT2D eigenvalue weighted by molar-refractivity contribution is -0.870. The summed E-state index contributed by atoms with van der Waals surface area (Å²) in [4.78, 5) is 24.9. The molecule has 0 amide bonds. The molecule has 0 radical (unpaired) electrons. The van der Waals surface area contributed by atoms with Crippen molar-refractivity contribution in [2.75, 3.05) is 47.5 Å². The zero-order valence-corrected chi connectivity index (χ0v) is 35.0. The van der Waals surface area contributed by atoms with Gasteiger partial charge in [-0.25, -0.2) is 0 Å². The first-order valence-electron chi connectivity index (χ1n) is 21.1. The SMILES string of the molecule is CCCCCC/C=C/CCCCCCCC(=O)O[C@H](CO/C=C/CCCCCCCCCCCCCCCC)COP(=O)([O-])OCC[N+](C)(C)C. The van der Waals surface area contributed by atoms with Gasteiger partial charge in [-0.05, 0) is 51.0 Å². The van der Waals surface area contributed by atoms with Crippen molar-refractivity contribution in [3.05, 3.63) is 24.5 Å². The number of phosphoric ester groups is 1. The van der Waals surface area contributed by atoms with Crippen LogP contribution >= 0.6 is 7.82 Å². The molecular formula is C42H82NO7P. The first-order valence-corrected chi connectivity index (χ1v) is 22.6. The van der Waals surface area contributed by atoms with Crippen LogP contribution in [0.1, 0.15) is 187 Å². The number of carbonyl (C=O) groups is 1. The lowest BCUT2D eigenvalue weighted by atomic mass is 10.0. The van der Waals surface area contributed by atoms with Gasteiger partial charge in [0.2, 0.25) is 0 Å². The normalized spacial score (nSPS) is 14.0. The standard InChI is InChI=1S/C42H82NO7P/c1-6-8-10-12-14-16-18-20-21-22-24-26-28-30-32-34-37-47-39-41(40-49-51(45,46)48-38-36-43(3,4)5)50-42(44)35-33-31-29-27-25-23-19-17-15-13-11-9-7-2/h17,19,34,37,41H,6-16,18,20-33,35-36,38-40H2,1-5H3/b19-17+,37-34+/t41-/m1/s1. The largest absolute Gasteiger partial charge is 0.756 e. The van der Waals surface area contributed by atoms with Crippen molar-refractivity contribution in [3.8, 4) is 0 Å². The third kappa shape index (κ3) is 39.9. The third-order valence-electron chi connectivity index (χ3n) is 9.07. The number of rotatable bonds is 39. The van der Waals surface area contributed by atoms with Crippen molar-refractivity contribution in [3.63, 3.8) is 0 Å². The van der Waals surface area contributed by atoms with Gasteiger partial charge in [0.05, 0.1) is 34.0 Å². The Bertz CT molecular complexity index is 874. The third-order valence-corrected chi connectivity index (χ3v) is 10.0. The Kier molecular flexibility index (Phi) is 35.0. The molecule has 0 aromatic heterocycles. The lowest BCUT2D eigenvalue weighted by Gasteiger charge is -2.28. The second-order valence-electron chi connectivity index (χ2n) is 15.4. The van der Waals surface area contributed by atoms with E-state index in [0.29, 0.717) is 11.0 Å². The van der Waals surface area contributed by atoms with Gasteiger partial charge in [-0.1, -0.05) is 148 Å². The number of hydrogen-bond donors (Lipinski definition) is 0. The van der Waals surface area contributed by atoms with E-state index in [1.54, 1.807) is 6.26 Å². The minimum atomic E-state index is -4.54. The number of ether oxygens (including phenoxy) is 2. The van der Waals surface area contributed by atoms with Crippen LogP contribution in [0.4, 0.5) is 0 Å². The van der Waals surface area contributed by atoms with Crippen molar-refractivity contribution in [2.45, 2.75) is 193 Å². The Hall–Kier alpha value is -1.18. The highest BCUT2D eigenvalue weighted by Gasteiger charge is 2.20. The molecule has 0 aliphatic heterocycles. The van der Waals surface area contributed by atoms with E-state index in [9.17, 15) is 14.3 Å². The number of quaternary nitrogens is 1. The molecule has 2 atom stereocenters. The van der Waals surface area contributed by atoms with Crippen molar-refractivity contribution in [2.24, 2.45) is 0 Å². The smallest absolute Gasteiger partial charge is 0.306 e. The predicted molar refractivity (Wildman–Crippen MR) is 213 cm³/mol. The molecule has 1 unspecified atom stereocenters. The van der Waals surface area contributed by atoms with Gasteiger partial charge in [0, 0.05) is 6.42 Å².